The zero-order chi connectivity index (χ0) is 23.4. The van der Waals surface area contributed by atoms with Gasteiger partial charge in [0.25, 0.3) is 5.91 Å². The monoisotopic (exact) mass is 518 g/mol. The van der Waals surface area contributed by atoms with Crippen molar-refractivity contribution in [3.63, 3.8) is 0 Å². The van der Waals surface area contributed by atoms with Gasteiger partial charge in [-0.2, -0.15) is 0 Å². The smallest absolute Gasteiger partial charge is 0.272 e. The maximum absolute atomic E-state index is 13.3. The number of hydrogen-bond donors (Lipinski definition) is 0. The van der Waals surface area contributed by atoms with Crippen molar-refractivity contribution in [2.75, 3.05) is 4.90 Å². The summed E-state index contributed by atoms with van der Waals surface area (Å²) in [6.45, 7) is 0. The number of carbonyl (C=O) groups is 1. The lowest BCUT2D eigenvalue weighted by molar-refractivity contribution is -0.113. The highest BCUT2D eigenvalue weighted by Gasteiger charge is 2.35. The summed E-state index contributed by atoms with van der Waals surface area (Å²) in [5, 5.41) is 12.5. The summed E-state index contributed by atoms with van der Waals surface area (Å²) in [5.41, 5.74) is 4.11. The summed E-state index contributed by atoms with van der Waals surface area (Å²) in [4.78, 5) is 15.3. The molecule has 0 atom stereocenters. The Hall–Kier alpha value is -3.04. The zero-order valence-corrected chi connectivity index (χ0v) is 20.9. The fourth-order valence-corrected chi connectivity index (χ4v) is 6.52. The lowest BCUT2D eigenvalue weighted by Crippen LogP contribution is -2.27. The summed E-state index contributed by atoms with van der Waals surface area (Å²) >= 11 is 14.2. The first-order valence-corrected chi connectivity index (χ1v) is 12.8. The highest BCUT2D eigenvalue weighted by molar-refractivity contribution is 8.27. The average molecular weight is 519 g/mol. The van der Waals surface area contributed by atoms with Crippen molar-refractivity contribution < 1.29 is 4.79 Å². The second-order valence-electron chi connectivity index (χ2n) is 7.77. The first-order valence-electron chi connectivity index (χ1n) is 10.3. The molecule has 9 heteroatoms. The Bertz CT molecular complexity index is 1670. The van der Waals surface area contributed by atoms with Crippen LogP contribution in [0.2, 0.25) is 5.02 Å². The average Bonchev–Trinajstić information content (AvgIpc) is 3.50. The third kappa shape index (κ3) is 3.54. The number of thiocarbonyl (C=S) groups is 1. The van der Waals surface area contributed by atoms with Crippen molar-refractivity contribution in [2.24, 2.45) is 7.05 Å². The molecule has 0 unspecified atom stereocenters. The van der Waals surface area contributed by atoms with E-state index in [0.29, 0.717) is 24.4 Å². The van der Waals surface area contributed by atoms with Crippen LogP contribution in [0.4, 0.5) is 5.13 Å². The zero-order valence-electron chi connectivity index (χ0n) is 17.7. The van der Waals surface area contributed by atoms with Gasteiger partial charge in [-0.25, -0.2) is 4.90 Å². The van der Waals surface area contributed by atoms with Crippen LogP contribution in [0.5, 0.6) is 0 Å². The van der Waals surface area contributed by atoms with Crippen LogP contribution < -0.4 is 4.90 Å². The van der Waals surface area contributed by atoms with E-state index < -0.39 is 0 Å². The van der Waals surface area contributed by atoms with Crippen molar-refractivity contribution in [1.29, 1.82) is 0 Å². The molecule has 6 rings (SSSR count). The normalized spacial score (nSPS) is 15.4. The Morgan fingerprint density at radius 2 is 1.79 bits per heavy atom. The van der Waals surface area contributed by atoms with Crippen LogP contribution in [0.25, 0.3) is 38.5 Å². The van der Waals surface area contributed by atoms with Gasteiger partial charge in [-0.1, -0.05) is 83.3 Å². The highest BCUT2D eigenvalue weighted by atomic mass is 35.5. The fraction of sp³-hybridized carbons (Fsp3) is 0.0400. The number of rotatable bonds is 3. The molecule has 0 spiro atoms. The number of fused-ring (bicyclic) bond motifs is 3. The second-order valence-corrected chi connectivity index (χ2v) is 10.8. The lowest BCUT2D eigenvalue weighted by Gasteiger charge is -2.08. The van der Waals surface area contributed by atoms with E-state index in [1.54, 1.807) is 6.07 Å². The molecule has 0 N–H and O–H groups in total. The van der Waals surface area contributed by atoms with Gasteiger partial charge in [0.1, 0.15) is 5.01 Å². The molecule has 2 aromatic heterocycles. The van der Waals surface area contributed by atoms with Gasteiger partial charge in [-0.3, -0.25) is 4.79 Å². The maximum Gasteiger partial charge on any atom is 0.272 e. The van der Waals surface area contributed by atoms with E-state index in [4.69, 9.17) is 23.8 Å². The molecule has 0 radical (unpaired) electrons. The van der Waals surface area contributed by atoms with Gasteiger partial charge < -0.3 is 4.57 Å². The molecule has 3 aromatic carbocycles. The molecule has 166 valence electrons. The highest BCUT2D eigenvalue weighted by Crippen LogP contribution is 2.39. The molecule has 3 heterocycles. The first-order chi connectivity index (χ1) is 16.5. The van der Waals surface area contributed by atoms with Gasteiger partial charge in [-0.15, -0.1) is 10.2 Å². The minimum atomic E-state index is -0.193. The first kappa shape index (κ1) is 21.5. The van der Waals surface area contributed by atoms with Crippen molar-refractivity contribution >= 4 is 90.2 Å². The molecule has 5 nitrogen and oxygen atoms in total. The molecule has 34 heavy (non-hydrogen) atoms. The predicted molar refractivity (Wildman–Crippen MR) is 146 cm³/mol. The van der Waals surface area contributed by atoms with Crippen LogP contribution in [0.1, 0.15) is 5.56 Å². The molecule has 0 saturated carbocycles. The molecule has 0 bridgehead atoms. The second kappa shape index (κ2) is 8.32. The summed E-state index contributed by atoms with van der Waals surface area (Å²) in [5.74, 6) is -0.193. The van der Waals surface area contributed by atoms with Crippen LogP contribution in [0.15, 0.2) is 71.6 Å². The lowest BCUT2D eigenvalue weighted by atomic mass is 10.1. The molecule has 5 aromatic rings. The number of nitrogens with zero attached hydrogens (tertiary/aromatic N) is 4. The summed E-state index contributed by atoms with van der Waals surface area (Å²) in [7, 11) is 2.06. The van der Waals surface area contributed by atoms with Crippen LogP contribution in [0.3, 0.4) is 0 Å². The van der Waals surface area contributed by atoms with E-state index in [9.17, 15) is 4.79 Å². The molecule has 1 fully saturated rings. The van der Waals surface area contributed by atoms with Crippen LogP contribution in [-0.4, -0.2) is 25.0 Å². The number of benzene rings is 3. The van der Waals surface area contributed by atoms with E-state index in [0.717, 1.165) is 22.0 Å². The molecule has 1 amide bonds. The topological polar surface area (TPSA) is 51.0 Å². The van der Waals surface area contributed by atoms with Gasteiger partial charge in [0.05, 0.1) is 4.91 Å². The third-order valence-corrected chi connectivity index (χ3v) is 8.20. The Kier molecular flexibility index (Phi) is 5.26. The largest absolute Gasteiger partial charge is 0.344 e. The van der Waals surface area contributed by atoms with E-state index in [2.05, 4.69) is 46.1 Å². The SMILES string of the molecule is Cn1c2ccccc2c2cc(/C=C3\SC(=S)N(c4nnc(-c5cccc(Cl)c5)s4)C3=O)ccc21. The quantitative estimate of drug-likeness (QED) is 0.192. The number of aromatic nitrogens is 3. The molecule has 0 aliphatic carbocycles. The van der Waals surface area contributed by atoms with E-state index in [-0.39, 0.29) is 5.91 Å². The van der Waals surface area contributed by atoms with Gasteiger partial charge in [-0.05, 0) is 42.0 Å². The minimum Gasteiger partial charge on any atom is -0.344 e. The van der Waals surface area contributed by atoms with Gasteiger partial charge >= 0.3 is 0 Å². The molecule has 1 aliphatic heterocycles. The fourth-order valence-electron chi connectivity index (χ4n) is 4.10. The van der Waals surface area contributed by atoms with Crippen LogP contribution in [0, 0.1) is 0 Å². The van der Waals surface area contributed by atoms with Gasteiger partial charge in [0.15, 0.2) is 4.32 Å². The Labute approximate surface area is 213 Å². The van der Waals surface area contributed by atoms with Crippen molar-refractivity contribution in [1.82, 2.24) is 14.8 Å². The van der Waals surface area contributed by atoms with Crippen molar-refractivity contribution in [3.8, 4) is 10.6 Å². The predicted octanol–water partition coefficient (Wildman–Crippen LogP) is 6.91. The Balaban J connectivity index is 1.34. The number of thioether (sulfide) groups is 1. The summed E-state index contributed by atoms with van der Waals surface area (Å²) in [6.07, 6.45) is 1.89. The van der Waals surface area contributed by atoms with E-state index in [1.165, 1.54) is 38.9 Å². The number of amides is 1. The van der Waals surface area contributed by atoms with Crippen molar-refractivity contribution in [3.05, 3.63) is 82.2 Å². The van der Waals surface area contributed by atoms with Crippen molar-refractivity contribution in [2.45, 2.75) is 0 Å². The van der Waals surface area contributed by atoms with Crippen LogP contribution >= 0.6 is 46.9 Å². The number of aryl methyl sites for hydroxylation is 1. The number of halogens is 1. The minimum absolute atomic E-state index is 0.193. The number of hydrogen-bond acceptors (Lipinski definition) is 6. The maximum atomic E-state index is 13.3. The third-order valence-electron chi connectivity index (χ3n) is 5.71. The molecule has 1 aliphatic rings. The summed E-state index contributed by atoms with van der Waals surface area (Å²) in [6, 6.07) is 21.9. The molecule has 1 saturated heterocycles. The van der Waals surface area contributed by atoms with Gasteiger partial charge in [0, 0.05) is 39.4 Å². The van der Waals surface area contributed by atoms with Crippen LogP contribution in [-0.2, 0) is 11.8 Å². The standard InChI is InChI=1S/C25H15ClN4OS3/c1-29-19-8-3-2-7-17(19)18-11-14(9-10-20(18)29)12-21-23(31)30(25(32)33-21)24-28-27-22(34-24)15-5-4-6-16(26)13-15/h2-13H,1H3/b21-12-. The van der Waals surface area contributed by atoms with Gasteiger partial charge in [0.2, 0.25) is 5.13 Å². The number of para-hydroxylation sites is 1. The Morgan fingerprint density at radius 1 is 0.971 bits per heavy atom. The van der Waals surface area contributed by atoms with E-state index >= 15 is 0 Å². The number of carbonyl (C=O) groups excluding carboxylic acids is 1. The number of anilines is 1. The summed E-state index contributed by atoms with van der Waals surface area (Å²) < 4.78 is 2.62. The molecular weight excluding hydrogens is 504 g/mol. The van der Waals surface area contributed by atoms with E-state index in [1.807, 2.05) is 42.5 Å². The molecular formula is C25H15ClN4OS3. The Morgan fingerprint density at radius 3 is 2.65 bits per heavy atom.